The highest BCUT2D eigenvalue weighted by Gasteiger charge is 2.30. The number of rotatable bonds is 2. The highest BCUT2D eigenvalue weighted by atomic mass is 35.5. The van der Waals surface area contributed by atoms with Crippen LogP contribution >= 0.6 is 12.4 Å². The highest BCUT2D eigenvalue weighted by Crippen LogP contribution is 2.22. The van der Waals surface area contributed by atoms with E-state index < -0.39 is 0 Å². The second kappa shape index (κ2) is 6.00. The van der Waals surface area contributed by atoms with Gasteiger partial charge >= 0.3 is 0 Å². The molecule has 2 atom stereocenters. The Morgan fingerprint density at radius 3 is 2.70 bits per heavy atom. The van der Waals surface area contributed by atoms with Crippen LogP contribution in [0.3, 0.4) is 0 Å². The summed E-state index contributed by atoms with van der Waals surface area (Å²) in [6, 6.07) is 1.38. The van der Waals surface area contributed by atoms with Crippen LogP contribution in [-0.4, -0.2) is 40.2 Å². The van der Waals surface area contributed by atoms with Crippen molar-refractivity contribution in [2.45, 2.75) is 64.1 Å². The Hall–Kier alpha value is -0.650. The van der Waals surface area contributed by atoms with E-state index in [1.807, 2.05) is 0 Å². The topological polar surface area (TPSA) is 54.2 Å². The minimum Gasteiger partial charge on any atom is -0.339 e. The van der Waals surface area contributed by atoms with Crippen molar-refractivity contribution in [3.8, 4) is 0 Å². The predicted octanol–water partition coefficient (Wildman–Crippen LogP) is 2.12. The summed E-state index contributed by atoms with van der Waals surface area (Å²) < 4.78 is 5.36. The number of hydrogen-bond donors (Lipinski definition) is 1. The standard InChI is InChI=1S/C14H24N4O.ClH/c1-14(2,3)13-16-12(17-19-13)9-18-7-6-10-4-5-11(8-18)15-10;/h10-11,15H,4-9H2,1-3H3;1H. The largest absolute Gasteiger partial charge is 0.339 e. The third-order valence-electron chi connectivity index (χ3n) is 4.08. The lowest BCUT2D eigenvalue weighted by molar-refractivity contribution is 0.240. The van der Waals surface area contributed by atoms with Crippen LogP contribution in [0, 0.1) is 0 Å². The van der Waals surface area contributed by atoms with Gasteiger partial charge < -0.3 is 9.84 Å². The first-order chi connectivity index (χ1) is 9.00. The smallest absolute Gasteiger partial charge is 0.232 e. The summed E-state index contributed by atoms with van der Waals surface area (Å²) in [6.45, 7) is 9.34. The molecule has 1 aromatic heterocycles. The first-order valence-corrected chi connectivity index (χ1v) is 7.32. The van der Waals surface area contributed by atoms with Crippen molar-refractivity contribution in [3.63, 3.8) is 0 Å². The maximum Gasteiger partial charge on any atom is 0.232 e. The van der Waals surface area contributed by atoms with Crippen LogP contribution in [0.1, 0.15) is 51.7 Å². The van der Waals surface area contributed by atoms with E-state index >= 15 is 0 Å². The SMILES string of the molecule is CC(C)(C)c1nc(CN2CCC3CCC(C2)N3)no1.Cl. The lowest BCUT2D eigenvalue weighted by atomic mass is 9.97. The molecule has 1 N–H and O–H groups in total. The lowest BCUT2D eigenvalue weighted by Crippen LogP contribution is -2.35. The summed E-state index contributed by atoms with van der Waals surface area (Å²) in [5.74, 6) is 1.56. The van der Waals surface area contributed by atoms with Crippen molar-refractivity contribution in [3.05, 3.63) is 11.7 Å². The van der Waals surface area contributed by atoms with Crippen LogP contribution in [0.2, 0.25) is 0 Å². The van der Waals surface area contributed by atoms with Crippen LogP contribution in [0.5, 0.6) is 0 Å². The van der Waals surface area contributed by atoms with Gasteiger partial charge in [0.1, 0.15) is 0 Å². The third kappa shape index (κ3) is 3.51. The average molecular weight is 301 g/mol. The van der Waals surface area contributed by atoms with Crippen LogP contribution in [0.25, 0.3) is 0 Å². The van der Waals surface area contributed by atoms with Crippen LogP contribution < -0.4 is 5.32 Å². The van der Waals surface area contributed by atoms with Crippen LogP contribution in [0.15, 0.2) is 4.52 Å². The molecule has 2 saturated heterocycles. The summed E-state index contributed by atoms with van der Waals surface area (Å²) in [4.78, 5) is 6.98. The van der Waals surface area contributed by atoms with E-state index in [0.29, 0.717) is 6.04 Å². The molecule has 0 spiro atoms. The van der Waals surface area contributed by atoms with Crippen molar-refractivity contribution in [1.82, 2.24) is 20.4 Å². The Bertz CT molecular complexity index is 443. The molecule has 2 unspecified atom stereocenters. The summed E-state index contributed by atoms with van der Waals surface area (Å²) in [7, 11) is 0. The van der Waals surface area contributed by atoms with Crippen molar-refractivity contribution in [1.29, 1.82) is 0 Å². The van der Waals surface area contributed by atoms with E-state index in [1.54, 1.807) is 0 Å². The Labute approximate surface area is 126 Å². The molecule has 114 valence electrons. The van der Waals surface area contributed by atoms with Gasteiger partial charge in [0.2, 0.25) is 5.89 Å². The second-order valence-corrected chi connectivity index (χ2v) is 6.93. The van der Waals surface area contributed by atoms with Gasteiger partial charge in [0.05, 0.1) is 6.54 Å². The second-order valence-electron chi connectivity index (χ2n) is 6.93. The predicted molar refractivity (Wildman–Crippen MR) is 80.1 cm³/mol. The number of fused-ring (bicyclic) bond motifs is 2. The Morgan fingerprint density at radius 2 is 2.00 bits per heavy atom. The molecule has 2 bridgehead atoms. The van der Waals surface area contributed by atoms with E-state index in [2.05, 4.69) is 41.1 Å². The van der Waals surface area contributed by atoms with E-state index in [-0.39, 0.29) is 17.8 Å². The van der Waals surface area contributed by atoms with Gasteiger partial charge in [-0.3, -0.25) is 4.90 Å². The summed E-state index contributed by atoms with van der Waals surface area (Å²) in [6.07, 6.45) is 3.88. The Balaban J connectivity index is 0.00000147. The fraction of sp³-hybridized carbons (Fsp3) is 0.857. The van der Waals surface area contributed by atoms with Crippen molar-refractivity contribution < 1.29 is 4.52 Å². The van der Waals surface area contributed by atoms with E-state index in [1.165, 1.54) is 19.3 Å². The van der Waals surface area contributed by atoms with Crippen molar-refractivity contribution in [2.75, 3.05) is 13.1 Å². The molecule has 3 rings (SSSR count). The molecule has 0 amide bonds. The zero-order chi connectivity index (χ0) is 13.5. The number of halogens is 1. The van der Waals surface area contributed by atoms with E-state index in [0.717, 1.165) is 37.4 Å². The van der Waals surface area contributed by atoms with Gasteiger partial charge in [-0.1, -0.05) is 25.9 Å². The first kappa shape index (κ1) is 15.7. The monoisotopic (exact) mass is 300 g/mol. The third-order valence-corrected chi connectivity index (χ3v) is 4.08. The van der Waals surface area contributed by atoms with Crippen LogP contribution in [-0.2, 0) is 12.0 Å². The zero-order valence-corrected chi connectivity index (χ0v) is 13.4. The fourth-order valence-corrected chi connectivity index (χ4v) is 2.98. The van der Waals surface area contributed by atoms with Crippen molar-refractivity contribution in [2.24, 2.45) is 0 Å². The highest BCUT2D eigenvalue weighted by molar-refractivity contribution is 5.85. The molecule has 1 aromatic rings. The molecule has 3 heterocycles. The minimum absolute atomic E-state index is 0. The molecule has 0 saturated carbocycles. The molecule has 0 aliphatic carbocycles. The van der Waals surface area contributed by atoms with Gasteiger partial charge in [-0.15, -0.1) is 12.4 Å². The first-order valence-electron chi connectivity index (χ1n) is 7.32. The minimum atomic E-state index is -0.0648. The molecule has 6 heteroatoms. The number of nitrogens with one attached hydrogen (secondary N) is 1. The van der Waals surface area contributed by atoms with E-state index in [4.69, 9.17) is 4.52 Å². The quantitative estimate of drug-likeness (QED) is 0.906. The molecule has 2 aliphatic rings. The molecular formula is C14H25ClN4O. The normalized spacial score (nSPS) is 27.1. The van der Waals surface area contributed by atoms with Gasteiger partial charge in [0.15, 0.2) is 5.82 Å². The van der Waals surface area contributed by atoms with Gasteiger partial charge in [-0.25, -0.2) is 0 Å². The summed E-state index contributed by atoms with van der Waals surface area (Å²) >= 11 is 0. The van der Waals surface area contributed by atoms with Gasteiger partial charge in [-0.05, 0) is 19.3 Å². The van der Waals surface area contributed by atoms with Gasteiger partial charge in [0, 0.05) is 30.6 Å². The number of hydrogen-bond acceptors (Lipinski definition) is 5. The molecule has 20 heavy (non-hydrogen) atoms. The summed E-state index contributed by atoms with van der Waals surface area (Å²) in [5, 5.41) is 7.81. The average Bonchev–Trinajstić information content (AvgIpc) is 2.88. The number of aromatic nitrogens is 2. The summed E-state index contributed by atoms with van der Waals surface area (Å²) in [5.41, 5.74) is -0.0648. The fourth-order valence-electron chi connectivity index (χ4n) is 2.98. The molecule has 0 radical (unpaired) electrons. The van der Waals surface area contributed by atoms with Crippen molar-refractivity contribution >= 4 is 12.4 Å². The number of likely N-dealkylation sites (tertiary alicyclic amines) is 1. The molecule has 0 aromatic carbocycles. The van der Waals surface area contributed by atoms with Gasteiger partial charge in [-0.2, -0.15) is 4.98 Å². The van der Waals surface area contributed by atoms with Gasteiger partial charge in [0.25, 0.3) is 0 Å². The molecular weight excluding hydrogens is 276 g/mol. The zero-order valence-electron chi connectivity index (χ0n) is 12.6. The van der Waals surface area contributed by atoms with Crippen LogP contribution in [0.4, 0.5) is 0 Å². The molecule has 2 fully saturated rings. The maximum atomic E-state index is 5.36. The van der Waals surface area contributed by atoms with E-state index in [9.17, 15) is 0 Å². The molecule has 2 aliphatic heterocycles. The number of nitrogens with zero attached hydrogens (tertiary/aromatic N) is 3. The maximum absolute atomic E-state index is 5.36. The Morgan fingerprint density at radius 1 is 1.25 bits per heavy atom. The lowest BCUT2D eigenvalue weighted by Gasteiger charge is -2.22. The molecule has 5 nitrogen and oxygen atoms in total. The Kier molecular flexibility index (Phi) is 4.72.